The summed E-state index contributed by atoms with van der Waals surface area (Å²) in [5, 5.41) is 0. The van der Waals surface area contributed by atoms with Gasteiger partial charge in [0, 0.05) is 30.5 Å². The zero-order valence-corrected chi connectivity index (χ0v) is 13.0. The second kappa shape index (κ2) is 5.16. The van der Waals surface area contributed by atoms with Crippen LogP contribution in [0.25, 0.3) is 0 Å². The number of hydrogen-bond acceptors (Lipinski definition) is 2. The zero-order chi connectivity index (χ0) is 14.2. The maximum Gasteiger partial charge on any atom is 0.0941 e. The number of allylic oxidation sites excluding steroid dienone is 1. The summed E-state index contributed by atoms with van der Waals surface area (Å²) in [4.78, 5) is 4.80. The molecule has 0 atom stereocenters. The number of hydrogen-bond donors (Lipinski definition) is 0. The SMILES string of the molecule is CN1CN(c2ccccc2)C=C1C1CCC(C)(C)CC1. The predicted octanol–water partition coefficient (Wildman–Crippen LogP) is 4.45. The van der Waals surface area contributed by atoms with E-state index in [-0.39, 0.29) is 0 Å². The molecule has 0 amide bonds. The van der Waals surface area contributed by atoms with Crippen molar-refractivity contribution in [2.24, 2.45) is 11.3 Å². The van der Waals surface area contributed by atoms with E-state index in [9.17, 15) is 0 Å². The highest BCUT2D eigenvalue weighted by Crippen LogP contribution is 2.42. The minimum atomic E-state index is 0.549. The molecule has 1 fully saturated rings. The minimum absolute atomic E-state index is 0.549. The van der Waals surface area contributed by atoms with Gasteiger partial charge in [0.25, 0.3) is 0 Å². The van der Waals surface area contributed by atoms with Crippen molar-refractivity contribution >= 4 is 5.69 Å². The Balaban J connectivity index is 1.73. The van der Waals surface area contributed by atoms with Crippen LogP contribution in [0.2, 0.25) is 0 Å². The van der Waals surface area contributed by atoms with Crippen molar-refractivity contribution in [2.75, 3.05) is 18.6 Å². The predicted molar refractivity (Wildman–Crippen MR) is 85.4 cm³/mol. The third kappa shape index (κ3) is 2.70. The Kier molecular flexibility index (Phi) is 3.49. The number of nitrogens with zero attached hydrogens (tertiary/aromatic N) is 2. The third-order valence-corrected chi connectivity index (χ3v) is 4.94. The second-order valence-corrected chi connectivity index (χ2v) is 7.14. The van der Waals surface area contributed by atoms with Crippen molar-refractivity contribution in [3.63, 3.8) is 0 Å². The molecule has 1 aliphatic carbocycles. The highest BCUT2D eigenvalue weighted by Gasteiger charge is 2.32. The molecule has 1 aromatic rings. The van der Waals surface area contributed by atoms with Crippen molar-refractivity contribution in [2.45, 2.75) is 39.5 Å². The molecule has 1 aliphatic heterocycles. The number of anilines is 1. The molecule has 0 N–H and O–H groups in total. The van der Waals surface area contributed by atoms with Crippen molar-refractivity contribution in [1.82, 2.24) is 4.90 Å². The largest absolute Gasteiger partial charge is 0.358 e. The van der Waals surface area contributed by atoms with Gasteiger partial charge >= 0.3 is 0 Å². The lowest BCUT2D eigenvalue weighted by atomic mass is 9.72. The average Bonchev–Trinajstić information content (AvgIpc) is 2.82. The zero-order valence-electron chi connectivity index (χ0n) is 13.0. The standard InChI is InChI=1S/C18H26N2/c1-18(2)11-9-15(10-12-18)17-13-20(14-19(17)3)16-7-5-4-6-8-16/h4-8,13,15H,9-12,14H2,1-3H3. The van der Waals surface area contributed by atoms with Gasteiger partial charge in [-0.05, 0) is 43.2 Å². The van der Waals surface area contributed by atoms with E-state index in [0.717, 1.165) is 12.6 Å². The molecule has 0 saturated heterocycles. The molecule has 2 heteroatoms. The molecule has 1 aromatic carbocycles. The maximum absolute atomic E-state index is 2.43. The molecule has 108 valence electrons. The molecule has 3 rings (SSSR count). The van der Waals surface area contributed by atoms with Gasteiger partial charge in [-0.1, -0.05) is 32.0 Å². The average molecular weight is 270 g/mol. The highest BCUT2D eigenvalue weighted by molar-refractivity contribution is 5.51. The van der Waals surface area contributed by atoms with E-state index in [1.807, 2.05) is 0 Å². The topological polar surface area (TPSA) is 6.48 Å². The van der Waals surface area contributed by atoms with Gasteiger partial charge in [0.2, 0.25) is 0 Å². The van der Waals surface area contributed by atoms with Crippen molar-refractivity contribution in [3.8, 4) is 0 Å². The molecule has 1 heterocycles. The first kappa shape index (κ1) is 13.5. The Morgan fingerprint density at radius 2 is 1.70 bits per heavy atom. The third-order valence-electron chi connectivity index (χ3n) is 4.94. The summed E-state index contributed by atoms with van der Waals surface area (Å²) in [6, 6.07) is 10.7. The van der Waals surface area contributed by atoms with E-state index in [0.29, 0.717) is 5.41 Å². The molecule has 0 spiro atoms. The van der Waals surface area contributed by atoms with Crippen molar-refractivity contribution in [1.29, 1.82) is 0 Å². The molecule has 0 radical (unpaired) electrons. The van der Waals surface area contributed by atoms with E-state index in [1.54, 1.807) is 0 Å². The number of para-hydroxylation sites is 1. The van der Waals surface area contributed by atoms with Gasteiger partial charge in [0.15, 0.2) is 0 Å². The number of rotatable bonds is 2. The summed E-state index contributed by atoms with van der Waals surface area (Å²) in [5.41, 5.74) is 3.38. The first-order valence-electron chi connectivity index (χ1n) is 7.80. The molecule has 2 nitrogen and oxygen atoms in total. The van der Waals surface area contributed by atoms with Gasteiger partial charge < -0.3 is 9.80 Å². The fourth-order valence-electron chi connectivity index (χ4n) is 3.50. The maximum atomic E-state index is 2.43. The molecule has 2 aliphatic rings. The smallest absolute Gasteiger partial charge is 0.0941 e. The van der Waals surface area contributed by atoms with Crippen molar-refractivity contribution < 1.29 is 0 Å². The molecule has 0 aromatic heterocycles. The Labute approximate surface area is 123 Å². The lowest BCUT2D eigenvalue weighted by molar-refractivity contribution is 0.192. The first-order chi connectivity index (χ1) is 9.55. The van der Waals surface area contributed by atoms with Crippen LogP contribution in [0.3, 0.4) is 0 Å². The summed E-state index contributed by atoms with van der Waals surface area (Å²) in [6.45, 7) is 5.80. The van der Waals surface area contributed by atoms with Crippen LogP contribution in [0, 0.1) is 11.3 Å². The van der Waals surface area contributed by atoms with Crippen LogP contribution in [0.5, 0.6) is 0 Å². The van der Waals surface area contributed by atoms with Gasteiger partial charge in [-0.25, -0.2) is 0 Å². The van der Waals surface area contributed by atoms with Gasteiger partial charge in [-0.2, -0.15) is 0 Å². The van der Waals surface area contributed by atoms with Gasteiger partial charge in [0.05, 0.1) is 6.67 Å². The summed E-state index contributed by atoms with van der Waals surface area (Å²) < 4.78 is 0. The fraction of sp³-hybridized carbons (Fsp3) is 0.556. The summed E-state index contributed by atoms with van der Waals surface area (Å²) >= 11 is 0. The molecule has 20 heavy (non-hydrogen) atoms. The Bertz CT molecular complexity index is 479. The van der Waals surface area contributed by atoms with Crippen LogP contribution in [0.1, 0.15) is 39.5 Å². The fourth-order valence-corrected chi connectivity index (χ4v) is 3.50. The quantitative estimate of drug-likeness (QED) is 0.783. The van der Waals surface area contributed by atoms with E-state index >= 15 is 0 Å². The number of benzene rings is 1. The van der Waals surface area contributed by atoms with Crippen LogP contribution in [-0.2, 0) is 0 Å². The Morgan fingerprint density at radius 1 is 1.05 bits per heavy atom. The Morgan fingerprint density at radius 3 is 2.35 bits per heavy atom. The molecular formula is C18H26N2. The second-order valence-electron chi connectivity index (χ2n) is 7.14. The summed E-state index contributed by atoms with van der Waals surface area (Å²) in [6.07, 6.45) is 7.76. The van der Waals surface area contributed by atoms with Gasteiger partial charge in [-0.15, -0.1) is 0 Å². The van der Waals surface area contributed by atoms with Crippen LogP contribution in [0.15, 0.2) is 42.2 Å². The summed E-state index contributed by atoms with van der Waals surface area (Å²) in [7, 11) is 2.23. The van der Waals surface area contributed by atoms with Crippen LogP contribution in [0.4, 0.5) is 5.69 Å². The molecule has 0 unspecified atom stereocenters. The molecule has 1 saturated carbocycles. The van der Waals surface area contributed by atoms with E-state index in [4.69, 9.17) is 0 Å². The van der Waals surface area contributed by atoms with Crippen LogP contribution >= 0.6 is 0 Å². The highest BCUT2D eigenvalue weighted by atomic mass is 15.3. The molecule has 0 bridgehead atoms. The van der Waals surface area contributed by atoms with Crippen molar-refractivity contribution in [3.05, 3.63) is 42.2 Å². The van der Waals surface area contributed by atoms with E-state index in [1.165, 1.54) is 37.1 Å². The normalized spacial score (nSPS) is 23.1. The molecular weight excluding hydrogens is 244 g/mol. The van der Waals surface area contributed by atoms with E-state index < -0.39 is 0 Å². The lowest BCUT2D eigenvalue weighted by Gasteiger charge is -2.36. The monoisotopic (exact) mass is 270 g/mol. The van der Waals surface area contributed by atoms with Crippen LogP contribution in [-0.4, -0.2) is 18.6 Å². The van der Waals surface area contributed by atoms with Crippen LogP contribution < -0.4 is 4.90 Å². The Hall–Kier alpha value is -1.44. The van der Waals surface area contributed by atoms with E-state index in [2.05, 4.69) is 67.2 Å². The van der Waals surface area contributed by atoms with Gasteiger partial charge in [0.1, 0.15) is 0 Å². The first-order valence-corrected chi connectivity index (χ1v) is 7.80. The lowest BCUT2D eigenvalue weighted by Crippen LogP contribution is -2.28. The van der Waals surface area contributed by atoms with Gasteiger partial charge in [-0.3, -0.25) is 0 Å². The summed E-state index contributed by atoms with van der Waals surface area (Å²) in [5.74, 6) is 0.752. The minimum Gasteiger partial charge on any atom is -0.358 e.